The van der Waals surface area contributed by atoms with E-state index in [0.29, 0.717) is 17.5 Å². The Morgan fingerprint density at radius 3 is 2.70 bits per heavy atom. The summed E-state index contributed by atoms with van der Waals surface area (Å²) >= 11 is 6.04. The van der Waals surface area contributed by atoms with Crippen molar-refractivity contribution in [2.45, 2.75) is 39.2 Å². The summed E-state index contributed by atoms with van der Waals surface area (Å²) in [7, 11) is 0. The van der Waals surface area contributed by atoms with Crippen LogP contribution in [0.1, 0.15) is 30.4 Å². The maximum Gasteiger partial charge on any atom is 0.333 e. The summed E-state index contributed by atoms with van der Waals surface area (Å²) in [6.07, 6.45) is 2.67. The second-order valence-electron chi connectivity index (χ2n) is 5.40. The van der Waals surface area contributed by atoms with Crippen LogP contribution >= 0.6 is 11.6 Å². The number of rotatable bonds is 1. The number of anilines is 1. The molecule has 3 rings (SSSR count). The van der Waals surface area contributed by atoms with E-state index in [2.05, 4.69) is 4.98 Å². The van der Waals surface area contributed by atoms with Crippen LogP contribution in [-0.2, 0) is 4.79 Å². The van der Waals surface area contributed by atoms with Crippen molar-refractivity contribution in [3.8, 4) is 0 Å². The van der Waals surface area contributed by atoms with E-state index >= 15 is 0 Å². The Hall–Kier alpha value is -1.62. The Balaban J connectivity index is 2.04. The quantitative estimate of drug-likeness (QED) is 0.591. The molecule has 2 aliphatic rings. The van der Waals surface area contributed by atoms with Gasteiger partial charge in [-0.3, -0.25) is 4.79 Å². The topological polar surface area (TPSA) is 53.5 Å². The molecule has 2 saturated heterocycles. The predicted octanol–water partition coefficient (Wildman–Crippen LogP) is 2.67. The summed E-state index contributed by atoms with van der Waals surface area (Å²) in [6, 6.07) is 1.26. The van der Waals surface area contributed by atoms with Gasteiger partial charge in [-0.2, -0.15) is 0 Å². The average molecular weight is 294 g/mol. The van der Waals surface area contributed by atoms with Crippen molar-refractivity contribution in [2.24, 2.45) is 0 Å². The number of fused-ring (bicyclic) bond motifs is 1. The number of imide groups is 1. The van der Waals surface area contributed by atoms with E-state index in [1.54, 1.807) is 4.90 Å². The zero-order chi connectivity index (χ0) is 14.4. The van der Waals surface area contributed by atoms with Crippen molar-refractivity contribution in [1.82, 2.24) is 9.88 Å². The first-order valence-electron chi connectivity index (χ1n) is 6.79. The molecule has 1 unspecified atom stereocenters. The molecule has 0 saturated carbocycles. The maximum atomic E-state index is 12.5. The van der Waals surface area contributed by atoms with E-state index in [1.165, 1.54) is 4.90 Å². The number of piperidine rings is 1. The van der Waals surface area contributed by atoms with Crippen LogP contribution in [0.15, 0.2) is 6.07 Å². The number of aryl methyl sites for hydroxylation is 2. The van der Waals surface area contributed by atoms with Gasteiger partial charge in [0.2, 0.25) is 0 Å². The lowest BCUT2D eigenvalue weighted by Crippen LogP contribution is -2.39. The average Bonchev–Trinajstić information content (AvgIpc) is 2.68. The van der Waals surface area contributed by atoms with Crippen LogP contribution in [0.5, 0.6) is 0 Å². The van der Waals surface area contributed by atoms with E-state index < -0.39 is 0 Å². The van der Waals surface area contributed by atoms with Crippen LogP contribution in [-0.4, -0.2) is 34.4 Å². The smallest absolute Gasteiger partial charge is 0.312 e. The van der Waals surface area contributed by atoms with E-state index in [1.807, 2.05) is 19.9 Å². The first-order chi connectivity index (χ1) is 9.50. The fourth-order valence-electron chi connectivity index (χ4n) is 2.93. The Bertz CT molecular complexity index is 578. The first-order valence-corrected chi connectivity index (χ1v) is 7.17. The monoisotopic (exact) mass is 293 g/mol. The van der Waals surface area contributed by atoms with Gasteiger partial charge in [0.15, 0.2) is 0 Å². The molecular formula is C14H16ClN3O2. The lowest BCUT2D eigenvalue weighted by Gasteiger charge is -2.25. The van der Waals surface area contributed by atoms with Crippen molar-refractivity contribution in [1.29, 1.82) is 0 Å². The molecule has 3 heterocycles. The van der Waals surface area contributed by atoms with Crippen molar-refractivity contribution in [2.75, 3.05) is 11.4 Å². The van der Waals surface area contributed by atoms with E-state index in [4.69, 9.17) is 11.6 Å². The zero-order valence-corrected chi connectivity index (χ0v) is 12.3. The van der Waals surface area contributed by atoms with E-state index in [-0.39, 0.29) is 18.0 Å². The third-order valence-corrected chi connectivity index (χ3v) is 4.35. The fraction of sp³-hybridized carbons (Fsp3) is 0.500. The van der Waals surface area contributed by atoms with Gasteiger partial charge in [0, 0.05) is 6.54 Å². The summed E-state index contributed by atoms with van der Waals surface area (Å²) in [5.74, 6) is 0.190. The minimum atomic E-state index is -0.322. The molecule has 1 aromatic heterocycles. The van der Waals surface area contributed by atoms with Crippen LogP contribution < -0.4 is 4.90 Å². The lowest BCUT2D eigenvalue weighted by molar-refractivity contribution is -0.120. The minimum absolute atomic E-state index is 0.176. The van der Waals surface area contributed by atoms with Gasteiger partial charge < -0.3 is 4.90 Å². The Morgan fingerprint density at radius 1 is 1.25 bits per heavy atom. The molecule has 106 valence electrons. The summed E-state index contributed by atoms with van der Waals surface area (Å²) in [4.78, 5) is 32.0. The van der Waals surface area contributed by atoms with Gasteiger partial charge in [-0.25, -0.2) is 14.7 Å². The Morgan fingerprint density at radius 2 is 2.00 bits per heavy atom. The summed E-state index contributed by atoms with van der Waals surface area (Å²) in [5, 5.41) is 0.330. The summed E-state index contributed by atoms with van der Waals surface area (Å²) in [6.45, 7) is 4.33. The van der Waals surface area contributed by atoms with Crippen molar-refractivity contribution in [3.63, 3.8) is 0 Å². The Labute approximate surface area is 122 Å². The van der Waals surface area contributed by atoms with Gasteiger partial charge in [0.1, 0.15) is 17.0 Å². The van der Waals surface area contributed by atoms with Gasteiger partial charge in [0.25, 0.3) is 5.91 Å². The standard InChI is InChI=1S/C14H16ClN3O2/c1-8-7-9(2)12(16-11(8)15)18-13(19)10-5-3-4-6-17(10)14(18)20/h7,10H,3-6H2,1-2H3. The minimum Gasteiger partial charge on any atom is -0.312 e. The van der Waals surface area contributed by atoms with Crippen LogP contribution in [0.3, 0.4) is 0 Å². The van der Waals surface area contributed by atoms with Crippen LogP contribution in [0.2, 0.25) is 5.15 Å². The van der Waals surface area contributed by atoms with Gasteiger partial charge >= 0.3 is 6.03 Å². The normalized spacial score (nSPS) is 22.4. The third kappa shape index (κ3) is 1.88. The highest BCUT2D eigenvalue weighted by molar-refractivity contribution is 6.30. The third-order valence-electron chi connectivity index (χ3n) is 3.97. The first kappa shape index (κ1) is 13.4. The molecule has 5 nitrogen and oxygen atoms in total. The molecule has 0 aromatic carbocycles. The highest BCUT2D eigenvalue weighted by Gasteiger charge is 2.47. The molecule has 0 bridgehead atoms. The molecule has 1 atom stereocenters. The maximum absolute atomic E-state index is 12.5. The van der Waals surface area contributed by atoms with Crippen LogP contribution in [0, 0.1) is 13.8 Å². The number of amides is 3. The van der Waals surface area contributed by atoms with Crippen molar-refractivity contribution >= 4 is 29.4 Å². The predicted molar refractivity (Wildman–Crippen MR) is 75.9 cm³/mol. The molecule has 1 aromatic rings. The van der Waals surface area contributed by atoms with Crippen molar-refractivity contribution < 1.29 is 9.59 Å². The van der Waals surface area contributed by atoms with Crippen molar-refractivity contribution in [3.05, 3.63) is 22.3 Å². The highest BCUT2D eigenvalue weighted by atomic mass is 35.5. The molecular weight excluding hydrogens is 278 g/mol. The molecule has 2 fully saturated rings. The molecule has 0 spiro atoms. The number of halogens is 1. The summed E-state index contributed by atoms with van der Waals surface area (Å²) < 4.78 is 0. The summed E-state index contributed by atoms with van der Waals surface area (Å²) in [5.41, 5.74) is 1.62. The van der Waals surface area contributed by atoms with Gasteiger partial charge in [0.05, 0.1) is 0 Å². The number of urea groups is 1. The molecule has 0 aliphatic carbocycles. The largest absolute Gasteiger partial charge is 0.333 e. The molecule has 20 heavy (non-hydrogen) atoms. The SMILES string of the molecule is Cc1cc(C)c(N2C(=O)C3CCCCN3C2=O)nc1Cl. The number of nitrogens with zero attached hydrogens (tertiary/aromatic N) is 3. The molecule has 6 heteroatoms. The fourth-order valence-corrected chi connectivity index (χ4v) is 3.06. The number of pyridine rings is 1. The molecule has 3 amide bonds. The number of carbonyl (C=O) groups is 2. The van der Waals surface area contributed by atoms with E-state index in [9.17, 15) is 9.59 Å². The highest BCUT2D eigenvalue weighted by Crippen LogP contribution is 2.32. The number of hydrogen-bond donors (Lipinski definition) is 0. The lowest BCUT2D eigenvalue weighted by atomic mass is 10.0. The number of carbonyl (C=O) groups excluding carboxylic acids is 2. The van der Waals surface area contributed by atoms with Gasteiger partial charge in [-0.15, -0.1) is 0 Å². The Kier molecular flexibility index (Phi) is 3.17. The number of hydrogen-bond acceptors (Lipinski definition) is 3. The molecule has 2 aliphatic heterocycles. The molecule has 0 radical (unpaired) electrons. The molecule has 0 N–H and O–H groups in total. The van der Waals surface area contributed by atoms with Crippen LogP contribution in [0.25, 0.3) is 0 Å². The zero-order valence-electron chi connectivity index (χ0n) is 11.5. The van der Waals surface area contributed by atoms with Gasteiger partial charge in [-0.1, -0.05) is 11.6 Å². The van der Waals surface area contributed by atoms with Gasteiger partial charge in [-0.05, 0) is 50.3 Å². The van der Waals surface area contributed by atoms with Crippen LogP contribution in [0.4, 0.5) is 10.6 Å². The second kappa shape index (κ2) is 4.74. The second-order valence-corrected chi connectivity index (χ2v) is 5.76. The van der Waals surface area contributed by atoms with E-state index in [0.717, 1.165) is 30.4 Å². The number of aromatic nitrogens is 1.